The summed E-state index contributed by atoms with van der Waals surface area (Å²) in [4.78, 5) is 27.2. The third-order valence-corrected chi connectivity index (χ3v) is 5.56. The summed E-state index contributed by atoms with van der Waals surface area (Å²) in [6.07, 6.45) is 2.30. The van der Waals surface area contributed by atoms with Gasteiger partial charge in [-0.1, -0.05) is 12.1 Å². The molecule has 0 bridgehead atoms. The number of rotatable bonds is 2. The molecule has 0 atom stereocenters. The standard InChI is InChI=1S/C18H17FN4OS/c1-22(2)16-15-12-7-8-23(9-14(12)25-17(15)21-10-20-16)18(24)11-5-3-4-6-13(11)19/h3-6,10H,7-9H2,1-2H3. The molecule has 0 N–H and O–H groups in total. The van der Waals surface area contributed by atoms with Crippen molar-refractivity contribution in [3.05, 3.63) is 52.4 Å². The first kappa shape index (κ1) is 16.0. The molecule has 0 saturated carbocycles. The van der Waals surface area contributed by atoms with Gasteiger partial charge in [0.25, 0.3) is 5.91 Å². The van der Waals surface area contributed by atoms with E-state index in [0.717, 1.165) is 27.3 Å². The lowest BCUT2D eigenvalue weighted by Crippen LogP contribution is -2.35. The molecular formula is C18H17FN4OS. The monoisotopic (exact) mass is 356 g/mol. The van der Waals surface area contributed by atoms with Crippen LogP contribution in [0.4, 0.5) is 10.2 Å². The molecular weight excluding hydrogens is 339 g/mol. The molecule has 5 nitrogen and oxygen atoms in total. The number of nitrogens with zero attached hydrogens (tertiary/aromatic N) is 4. The summed E-state index contributed by atoms with van der Waals surface area (Å²) < 4.78 is 13.9. The number of hydrogen-bond acceptors (Lipinski definition) is 5. The van der Waals surface area contributed by atoms with E-state index < -0.39 is 5.82 Å². The minimum atomic E-state index is -0.476. The smallest absolute Gasteiger partial charge is 0.257 e. The van der Waals surface area contributed by atoms with Crippen LogP contribution in [0, 0.1) is 5.82 Å². The van der Waals surface area contributed by atoms with Gasteiger partial charge in [-0.15, -0.1) is 11.3 Å². The molecule has 25 heavy (non-hydrogen) atoms. The Balaban J connectivity index is 1.71. The number of thiophene rings is 1. The van der Waals surface area contributed by atoms with Crippen molar-refractivity contribution in [2.45, 2.75) is 13.0 Å². The van der Waals surface area contributed by atoms with Crippen molar-refractivity contribution in [3.8, 4) is 0 Å². The Labute approximate surface area is 148 Å². The van der Waals surface area contributed by atoms with E-state index in [2.05, 4.69) is 9.97 Å². The van der Waals surface area contributed by atoms with Gasteiger partial charge in [-0.25, -0.2) is 14.4 Å². The molecule has 2 aromatic heterocycles. The maximum absolute atomic E-state index is 13.9. The lowest BCUT2D eigenvalue weighted by atomic mass is 10.0. The van der Waals surface area contributed by atoms with E-state index in [1.54, 1.807) is 34.7 Å². The van der Waals surface area contributed by atoms with Gasteiger partial charge < -0.3 is 9.80 Å². The van der Waals surface area contributed by atoms with Crippen molar-refractivity contribution >= 4 is 33.3 Å². The highest BCUT2D eigenvalue weighted by Gasteiger charge is 2.28. The molecule has 128 valence electrons. The normalized spacial score (nSPS) is 13.8. The zero-order chi connectivity index (χ0) is 17.6. The summed E-state index contributed by atoms with van der Waals surface area (Å²) in [5, 5.41) is 1.07. The van der Waals surface area contributed by atoms with Crippen molar-refractivity contribution in [3.63, 3.8) is 0 Å². The minimum absolute atomic E-state index is 0.126. The first-order valence-electron chi connectivity index (χ1n) is 8.02. The van der Waals surface area contributed by atoms with Crippen LogP contribution in [0.2, 0.25) is 0 Å². The topological polar surface area (TPSA) is 49.3 Å². The first-order chi connectivity index (χ1) is 12.1. The predicted octanol–water partition coefficient (Wildman–Crippen LogP) is 3.09. The van der Waals surface area contributed by atoms with Gasteiger partial charge in [0.15, 0.2) is 0 Å². The second-order valence-electron chi connectivity index (χ2n) is 6.23. The van der Waals surface area contributed by atoms with Crippen LogP contribution in [-0.4, -0.2) is 41.4 Å². The molecule has 1 amide bonds. The highest BCUT2D eigenvalue weighted by molar-refractivity contribution is 7.19. The summed E-state index contributed by atoms with van der Waals surface area (Å²) in [6, 6.07) is 6.13. The summed E-state index contributed by atoms with van der Waals surface area (Å²) in [7, 11) is 3.92. The van der Waals surface area contributed by atoms with Gasteiger partial charge in [-0.05, 0) is 24.1 Å². The highest BCUT2D eigenvalue weighted by Crippen LogP contribution is 2.38. The van der Waals surface area contributed by atoms with Gasteiger partial charge in [-0.2, -0.15) is 0 Å². The lowest BCUT2D eigenvalue weighted by Gasteiger charge is -2.27. The molecule has 0 radical (unpaired) electrons. The summed E-state index contributed by atoms with van der Waals surface area (Å²) in [5.41, 5.74) is 1.34. The molecule has 1 aromatic carbocycles. The van der Waals surface area contributed by atoms with Gasteiger partial charge >= 0.3 is 0 Å². The quantitative estimate of drug-likeness (QED) is 0.708. The van der Waals surface area contributed by atoms with Crippen molar-refractivity contribution in [1.82, 2.24) is 14.9 Å². The Kier molecular flexibility index (Phi) is 3.88. The molecule has 3 aromatic rings. The zero-order valence-corrected chi connectivity index (χ0v) is 14.8. The Morgan fingerprint density at radius 3 is 2.84 bits per heavy atom. The van der Waals surface area contributed by atoms with Crippen LogP contribution in [-0.2, 0) is 13.0 Å². The fourth-order valence-corrected chi connectivity index (χ4v) is 4.43. The second kappa shape index (κ2) is 6.07. The van der Waals surface area contributed by atoms with E-state index in [-0.39, 0.29) is 11.5 Å². The number of carbonyl (C=O) groups excluding carboxylic acids is 1. The molecule has 0 saturated heterocycles. The van der Waals surface area contributed by atoms with Crippen LogP contribution in [0.15, 0.2) is 30.6 Å². The van der Waals surface area contributed by atoms with Crippen molar-refractivity contribution in [1.29, 1.82) is 0 Å². The number of benzene rings is 1. The fourth-order valence-electron chi connectivity index (χ4n) is 3.23. The van der Waals surface area contributed by atoms with E-state index in [0.29, 0.717) is 13.1 Å². The minimum Gasteiger partial charge on any atom is -0.362 e. The number of carbonyl (C=O) groups is 1. The van der Waals surface area contributed by atoms with E-state index in [4.69, 9.17) is 0 Å². The van der Waals surface area contributed by atoms with Crippen LogP contribution < -0.4 is 4.90 Å². The van der Waals surface area contributed by atoms with Gasteiger partial charge in [0.05, 0.1) is 17.5 Å². The van der Waals surface area contributed by atoms with Crippen LogP contribution in [0.3, 0.4) is 0 Å². The fraction of sp³-hybridized carbons (Fsp3) is 0.278. The van der Waals surface area contributed by atoms with Crippen molar-refractivity contribution < 1.29 is 9.18 Å². The van der Waals surface area contributed by atoms with E-state index in [1.165, 1.54) is 17.7 Å². The maximum atomic E-state index is 13.9. The Hall–Kier alpha value is -2.54. The van der Waals surface area contributed by atoms with Crippen LogP contribution >= 0.6 is 11.3 Å². The summed E-state index contributed by atoms with van der Waals surface area (Å²) >= 11 is 1.59. The van der Waals surface area contributed by atoms with Gasteiger partial charge in [0.1, 0.15) is 22.8 Å². The number of fused-ring (bicyclic) bond motifs is 3. The number of halogens is 1. The van der Waals surface area contributed by atoms with E-state index >= 15 is 0 Å². The SMILES string of the molecule is CN(C)c1ncnc2sc3c(c12)CCN(C(=O)c1ccccc1F)C3. The maximum Gasteiger partial charge on any atom is 0.257 e. The van der Waals surface area contributed by atoms with Crippen molar-refractivity contribution in [2.24, 2.45) is 0 Å². The summed E-state index contributed by atoms with van der Waals surface area (Å²) in [5.74, 6) is 0.159. The third kappa shape index (κ3) is 2.64. The molecule has 1 aliphatic rings. The molecule has 3 heterocycles. The Morgan fingerprint density at radius 1 is 1.28 bits per heavy atom. The van der Waals surface area contributed by atoms with E-state index in [9.17, 15) is 9.18 Å². The molecule has 0 fully saturated rings. The molecule has 0 unspecified atom stereocenters. The lowest BCUT2D eigenvalue weighted by molar-refractivity contribution is 0.0732. The number of amides is 1. The summed E-state index contributed by atoms with van der Waals surface area (Å²) in [6.45, 7) is 1.05. The van der Waals surface area contributed by atoms with Crippen LogP contribution in [0.25, 0.3) is 10.2 Å². The zero-order valence-electron chi connectivity index (χ0n) is 14.0. The van der Waals surface area contributed by atoms with Crippen molar-refractivity contribution in [2.75, 3.05) is 25.5 Å². The Morgan fingerprint density at radius 2 is 2.08 bits per heavy atom. The highest BCUT2D eigenvalue weighted by atomic mass is 32.1. The molecule has 7 heteroatoms. The number of anilines is 1. The van der Waals surface area contributed by atoms with E-state index in [1.807, 2.05) is 19.0 Å². The largest absolute Gasteiger partial charge is 0.362 e. The second-order valence-corrected chi connectivity index (χ2v) is 7.32. The van der Waals surface area contributed by atoms with Gasteiger partial charge in [-0.3, -0.25) is 4.79 Å². The molecule has 0 aliphatic carbocycles. The third-order valence-electron chi connectivity index (χ3n) is 4.43. The van der Waals surface area contributed by atoms with Gasteiger partial charge in [0.2, 0.25) is 0 Å². The first-order valence-corrected chi connectivity index (χ1v) is 8.84. The van der Waals surface area contributed by atoms with Crippen LogP contribution in [0.1, 0.15) is 20.8 Å². The predicted molar refractivity (Wildman–Crippen MR) is 96.6 cm³/mol. The number of hydrogen-bond donors (Lipinski definition) is 0. The molecule has 1 aliphatic heterocycles. The molecule has 4 rings (SSSR count). The number of aromatic nitrogens is 2. The molecule has 0 spiro atoms. The van der Waals surface area contributed by atoms with Gasteiger partial charge in [0, 0.05) is 25.5 Å². The average Bonchev–Trinajstić information content (AvgIpc) is 2.99. The average molecular weight is 356 g/mol. The Bertz CT molecular complexity index is 969. The van der Waals surface area contributed by atoms with Crippen LogP contribution in [0.5, 0.6) is 0 Å².